The van der Waals surface area contributed by atoms with Crippen molar-refractivity contribution >= 4 is 28.2 Å². The third kappa shape index (κ3) is 4.84. The number of nitrogen functional groups attached to an aromatic ring is 1. The van der Waals surface area contributed by atoms with E-state index in [0.29, 0.717) is 0 Å². The lowest BCUT2D eigenvalue weighted by Gasteiger charge is -2.22. The van der Waals surface area contributed by atoms with Gasteiger partial charge >= 0.3 is 0 Å². The second kappa shape index (κ2) is 10.1. The summed E-state index contributed by atoms with van der Waals surface area (Å²) in [6.07, 6.45) is 10.8. The highest BCUT2D eigenvalue weighted by Crippen LogP contribution is 2.49. The molecule has 3 N–H and O–H groups in total. The van der Waals surface area contributed by atoms with Gasteiger partial charge in [0.25, 0.3) is 0 Å². The minimum absolute atomic E-state index is 0.0706. The molecule has 0 saturated carbocycles. The van der Waals surface area contributed by atoms with E-state index in [4.69, 9.17) is 5.73 Å². The van der Waals surface area contributed by atoms with E-state index in [1.165, 1.54) is 49.7 Å². The van der Waals surface area contributed by atoms with Gasteiger partial charge in [0.05, 0.1) is 0 Å². The molecule has 0 heterocycles. The van der Waals surface area contributed by atoms with Crippen molar-refractivity contribution in [3.63, 3.8) is 0 Å². The van der Waals surface area contributed by atoms with Crippen LogP contribution in [-0.2, 0) is 5.41 Å². The second-order valence-corrected chi connectivity index (χ2v) is 10.4. The monoisotopic (exact) mass is 484 g/mol. The van der Waals surface area contributed by atoms with Crippen LogP contribution in [0.4, 0.5) is 11.4 Å². The molecule has 186 valence electrons. The lowest BCUT2D eigenvalue weighted by atomic mass is 9.82. The molecule has 0 unspecified atom stereocenters. The van der Waals surface area contributed by atoms with Gasteiger partial charge in [0.2, 0.25) is 0 Å². The molecule has 0 atom stereocenters. The van der Waals surface area contributed by atoms with Gasteiger partial charge in [-0.1, -0.05) is 88.4 Å². The van der Waals surface area contributed by atoms with E-state index in [-0.39, 0.29) is 5.41 Å². The van der Waals surface area contributed by atoms with E-state index in [0.717, 1.165) is 24.2 Å². The topological polar surface area (TPSA) is 38.0 Å². The van der Waals surface area contributed by atoms with Crippen molar-refractivity contribution < 1.29 is 0 Å². The highest BCUT2D eigenvalue weighted by molar-refractivity contribution is 5.85. The van der Waals surface area contributed by atoms with Crippen LogP contribution < -0.4 is 11.1 Å². The summed E-state index contributed by atoms with van der Waals surface area (Å²) in [4.78, 5) is 0. The first-order valence-electron chi connectivity index (χ1n) is 13.3. The number of hydrogen-bond acceptors (Lipinski definition) is 2. The van der Waals surface area contributed by atoms with Gasteiger partial charge in [-0.15, -0.1) is 0 Å². The average molecular weight is 485 g/mol. The molecule has 1 aliphatic carbocycles. The van der Waals surface area contributed by atoms with Crippen LogP contribution in [0.15, 0.2) is 108 Å². The molecule has 0 fully saturated rings. The van der Waals surface area contributed by atoms with Crippen molar-refractivity contribution in [3.8, 4) is 11.1 Å². The van der Waals surface area contributed by atoms with Gasteiger partial charge in [-0.05, 0) is 99.0 Å². The van der Waals surface area contributed by atoms with Gasteiger partial charge in [-0.2, -0.15) is 0 Å². The van der Waals surface area contributed by atoms with Crippen molar-refractivity contribution in [2.75, 3.05) is 11.1 Å². The first-order valence-corrected chi connectivity index (χ1v) is 13.3. The fourth-order valence-electron chi connectivity index (χ4n) is 5.50. The summed E-state index contributed by atoms with van der Waals surface area (Å²) >= 11 is 0. The summed E-state index contributed by atoms with van der Waals surface area (Å²) in [6.45, 7) is 9.01. The molecule has 37 heavy (non-hydrogen) atoms. The standard InChI is InChI=1S/C35H36N2/c1-5-25(13-11-24-12-14-27-9-7-8-10-28(27)21-24)26(6-2)19-20-37-30-16-18-32-31-17-15-29(36)22-33(31)35(3,4)34(32)23-30/h7-23,37H,5-6,36H2,1-4H3/b13-11-,20-19+,26-25-. The van der Waals surface area contributed by atoms with E-state index >= 15 is 0 Å². The fourth-order valence-corrected chi connectivity index (χ4v) is 5.50. The quantitative estimate of drug-likeness (QED) is 0.202. The fraction of sp³-hybridized carbons (Fsp3) is 0.200. The lowest BCUT2D eigenvalue weighted by molar-refractivity contribution is 0.661. The number of fused-ring (bicyclic) bond motifs is 4. The number of nitrogens with one attached hydrogen (secondary N) is 1. The van der Waals surface area contributed by atoms with Crippen LogP contribution in [0.5, 0.6) is 0 Å². The number of anilines is 2. The Morgan fingerprint density at radius 3 is 2.19 bits per heavy atom. The first-order chi connectivity index (χ1) is 17.9. The molecule has 0 aromatic heterocycles. The van der Waals surface area contributed by atoms with Crippen LogP contribution in [-0.4, -0.2) is 0 Å². The molecule has 5 rings (SSSR count). The molecule has 0 bridgehead atoms. The Labute approximate surface area is 221 Å². The van der Waals surface area contributed by atoms with Crippen LogP contribution >= 0.6 is 0 Å². The normalized spacial score (nSPS) is 14.7. The SMILES string of the molecule is CCC(/C=C\c1ccc2ccccc2c1)=C(/C=C/Nc1ccc2c(c1)C(C)(C)c1cc(N)ccc1-2)CC. The second-order valence-electron chi connectivity index (χ2n) is 10.4. The summed E-state index contributed by atoms with van der Waals surface area (Å²) in [5, 5.41) is 6.07. The third-order valence-electron chi connectivity index (χ3n) is 7.66. The minimum Gasteiger partial charge on any atom is -0.399 e. The molecule has 0 saturated heterocycles. The minimum atomic E-state index is -0.0706. The Bertz CT molecular complexity index is 1550. The number of hydrogen-bond donors (Lipinski definition) is 2. The molecule has 0 radical (unpaired) electrons. The maximum atomic E-state index is 6.11. The Kier molecular flexibility index (Phi) is 6.76. The molecule has 1 aliphatic rings. The predicted octanol–water partition coefficient (Wildman–Crippen LogP) is 9.48. The van der Waals surface area contributed by atoms with Gasteiger partial charge in [0, 0.05) is 23.0 Å². The summed E-state index contributed by atoms with van der Waals surface area (Å²) in [5.41, 5.74) is 17.1. The molecule has 0 amide bonds. The van der Waals surface area contributed by atoms with Gasteiger partial charge < -0.3 is 11.1 Å². The summed E-state index contributed by atoms with van der Waals surface area (Å²) < 4.78 is 0. The van der Waals surface area contributed by atoms with Crippen molar-refractivity contribution in [2.45, 2.75) is 46.0 Å². The van der Waals surface area contributed by atoms with E-state index in [2.05, 4.69) is 130 Å². The molecule has 2 heteroatoms. The predicted molar refractivity (Wildman–Crippen MR) is 162 cm³/mol. The van der Waals surface area contributed by atoms with Crippen LogP contribution in [0.2, 0.25) is 0 Å². The molecule has 4 aromatic rings. The largest absolute Gasteiger partial charge is 0.399 e. The Hall–Kier alpha value is -4.04. The Morgan fingerprint density at radius 2 is 1.43 bits per heavy atom. The molecule has 4 aromatic carbocycles. The van der Waals surface area contributed by atoms with E-state index in [1.54, 1.807) is 0 Å². The summed E-state index contributed by atoms with van der Waals surface area (Å²) in [6, 6.07) is 28.1. The maximum absolute atomic E-state index is 6.11. The third-order valence-corrected chi connectivity index (χ3v) is 7.66. The van der Waals surface area contributed by atoms with Gasteiger partial charge in [-0.3, -0.25) is 0 Å². The summed E-state index contributed by atoms with van der Waals surface area (Å²) in [5.74, 6) is 0. The molecule has 0 aliphatic heterocycles. The zero-order valence-corrected chi connectivity index (χ0v) is 22.3. The van der Waals surface area contributed by atoms with Crippen LogP contribution in [0, 0.1) is 0 Å². The van der Waals surface area contributed by atoms with Gasteiger partial charge in [-0.25, -0.2) is 0 Å². The molecule has 0 spiro atoms. The lowest BCUT2D eigenvalue weighted by Crippen LogP contribution is -2.15. The number of rotatable bonds is 7. The highest BCUT2D eigenvalue weighted by Gasteiger charge is 2.35. The first kappa shape index (κ1) is 24.6. The number of nitrogens with two attached hydrogens (primary N) is 1. The van der Waals surface area contributed by atoms with E-state index < -0.39 is 0 Å². The van der Waals surface area contributed by atoms with Crippen molar-refractivity contribution in [2.24, 2.45) is 0 Å². The zero-order chi connectivity index (χ0) is 26.0. The number of benzene rings is 4. The Morgan fingerprint density at radius 1 is 0.757 bits per heavy atom. The van der Waals surface area contributed by atoms with E-state index in [9.17, 15) is 0 Å². The van der Waals surface area contributed by atoms with Gasteiger partial charge in [0.1, 0.15) is 0 Å². The zero-order valence-electron chi connectivity index (χ0n) is 22.3. The summed E-state index contributed by atoms with van der Waals surface area (Å²) in [7, 11) is 0. The van der Waals surface area contributed by atoms with Crippen molar-refractivity contribution in [1.82, 2.24) is 0 Å². The highest BCUT2D eigenvalue weighted by atomic mass is 14.8. The molecule has 2 nitrogen and oxygen atoms in total. The molecular weight excluding hydrogens is 448 g/mol. The average Bonchev–Trinajstić information content (AvgIpc) is 3.13. The number of allylic oxidation sites excluding steroid dienone is 4. The van der Waals surface area contributed by atoms with Crippen LogP contribution in [0.3, 0.4) is 0 Å². The van der Waals surface area contributed by atoms with Crippen molar-refractivity contribution in [3.05, 3.63) is 125 Å². The Balaban J connectivity index is 1.35. The van der Waals surface area contributed by atoms with Crippen LogP contribution in [0.25, 0.3) is 28.0 Å². The van der Waals surface area contributed by atoms with E-state index in [1.807, 2.05) is 6.07 Å². The van der Waals surface area contributed by atoms with Crippen molar-refractivity contribution in [1.29, 1.82) is 0 Å². The smallest absolute Gasteiger partial charge is 0.0383 e. The van der Waals surface area contributed by atoms with Gasteiger partial charge in [0.15, 0.2) is 0 Å². The maximum Gasteiger partial charge on any atom is 0.0383 e. The molecular formula is C35H36N2. The van der Waals surface area contributed by atoms with Crippen LogP contribution in [0.1, 0.15) is 57.2 Å².